The highest BCUT2D eigenvalue weighted by molar-refractivity contribution is 6.05. The average Bonchev–Trinajstić information content (AvgIpc) is 2.83. The first-order valence-corrected chi connectivity index (χ1v) is 10.7. The number of hydrogen-bond donors (Lipinski definition) is 1. The predicted octanol–water partition coefficient (Wildman–Crippen LogP) is 5.65. The van der Waals surface area contributed by atoms with Crippen molar-refractivity contribution in [3.05, 3.63) is 59.7 Å². The lowest BCUT2D eigenvalue weighted by molar-refractivity contribution is -0.148. The smallest absolute Gasteiger partial charge is 0.416 e. The highest BCUT2D eigenvalue weighted by atomic mass is 19.4. The third-order valence-corrected chi connectivity index (χ3v) is 5.83. The summed E-state index contributed by atoms with van der Waals surface area (Å²) < 4.78 is 86.9. The Kier molecular flexibility index (Phi) is 7.95. The minimum atomic E-state index is -4.53. The maximum atomic E-state index is 12.9. The Morgan fingerprint density at radius 1 is 0.833 bits per heavy atom. The number of rotatable bonds is 5. The molecule has 3 unspecified atom stereocenters. The van der Waals surface area contributed by atoms with Gasteiger partial charge in [0.05, 0.1) is 42.9 Å². The molecule has 12 heteroatoms. The number of esters is 2. The third-order valence-electron chi connectivity index (χ3n) is 5.83. The van der Waals surface area contributed by atoms with Gasteiger partial charge in [0.15, 0.2) is 0 Å². The van der Waals surface area contributed by atoms with E-state index >= 15 is 0 Å². The lowest BCUT2D eigenvalue weighted by Gasteiger charge is -2.35. The van der Waals surface area contributed by atoms with Gasteiger partial charge in [-0.05, 0) is 55.0 Å². The van der Waals surface area contributed by atoms with Crippen LogP contribution < -0.4 is 5.32 Å². The molecule has 0 aliphatic heterocycles. The van der Waals surface area contributed by atoms with Crippen molar-refractivity contribution in [2.45, 2.75) is 31.2 Å². The van der Waals surface area contributed by atoms with Gasteiger partial charge in [-0.25, -0.2) is 0 Å². The Labute approximate surface area is 202 Å². The summed E-state index contributed by atoms with van der Waals surface area (Å²) in [6.45, 7) is 0. The number of nitrogens with zero attached hydrogens (tertiary/aromatic N) is 1. The van der Waals surface area contributed by atoms with Gasteiger partial charge in [0, 0.05) is 23.9 Å². The minimum Gasteiger partial charge on any atom is -0.469 e. The lowest BCUT2D eigenvalue weighted by atomic mass is 9.76. The summed E-state index contributed by atoms with van der Waals surface area (Å²) in [4.78, 5) is 29.4. The van der Waals surface area contributed by atoms with E-state index in [1.54, 1.807) is 0 Å². The van der Waals surface area contributed by atoms with Gasteiger partial charge >= 0.3 is 24.3 Å². The van der Waals surface area contributed by atoms with Crippen LogP contribution in [0.15, 0.2) is 53.5 Å². The van der Waals surface area contributed by atoms with Gasteiger partial charge in [0.1, 0.15) is 0 Å². The normalized spacial score (nSPS) is 21.7. The number of methoxy groups -OCH3 is 2. The number of ether oxygens (including phenoxy) is 2. The molecule has 1 N–H and O–H groups in total. The molecule has 0 spiro atoms. The summed E-state index contributed by atoms with van der Waals surface area (Å²) in [6.07, 6.45) is -9.16. The number of benzene rings is 2. The number of carbonyl (C=O) groups is 2. The fraction of sp³-hybridized carbons (Fsp3) is 0.375. The second kappa shape index (κ2) is 10.6. The SMILES string of the molecule is COC(=O)C1CC(Nc2ccc(C(F)(F)F)cc2)C(C(=O)OC)CC1=Nc1ccc(C(F)(F)F)cc1. The van der Waals surface area contributed by atoms with Gasteiger partial charge in [-0.1, -0.05) is 0 Å². The van der Waals surface area contributed by atoms with Crippen molar-refractivity contribution in [2.75, 3.05) is 19.5 Å². The summed E-state index contributed by atoms with van der Waals surface area (Å²) in [5.74, 6) is -3.16. The van der Waals surface area contributed by atoms with Gasteiger partial charge in [-0.2, -0.15) is 26.3 Å². The highest BCUT2D eigenvalue weighted by Crippen LogP contribution is 2.35. The quantitative estimate of drug-likeness (QED) is 0.411. The molecular formula is C24H22F6N2O4. The number of nitrogens with one attached hydrogen (secondary N) is 1. The van der Waals surface area contributed by atoms with E-state index in [9.17, 15) is 35.9 Å². The first-order valence-electron chi connectivity index (χ1n) is 10.7. The molecule has 0 saturated heterocycles. The molecule has 2 aromatic rings. The largest absolute Gasteiger partial charge is 0.469 e. The molecule has 0 heterocycles. The number of hydrogen-bond acceptors (Lipinski definition) is 6. The lowest BCUT2D eigenvalue weighted by Crippen LogP contribution is -2.46. The van der Waals surface area contributed by atoms with Crippen molar-refractivity contribution < 1.29 is 45.4 Å². The van der Waals surface area contributed by atoms with Crippen LogP contribution in [0.3, 0.4) is 0 Å². The fourth-order valence-corrected chi connectivity index (χ4v) is 3.98. The van der Waals surface area contributed by atoms with Crippen molar-refractivity contribution in [3.63, 3.8) is 0 Å². The summed E-state index contributed by atoms with van der Waals surface area (Å²) in [6, 6.07) is 7.43. The molecule has 0 bridgehead atoms. The summed E-state index contributed by atoms with van der Waals surface area (Å²) >= 11 is 0. The Hall–Kier alpha value is -3.57. The van der Waals surface area contributed by atoms with E-state index in [0.717, 1.165) is 50.6 Å². The topological polar surface area (TPSA) is 77.0 Å². The van der Waals surface area contributed by atoms with E-state index in [-0.39, 0.29) is 29.9 Å². The molecule has 0 radical (unpaired) electrons. The maximum Gasteiger partial charge on any atom is 0.416 e. The molecule has 36 heavy (non-hydrogen) atoms. The van der Waals surface area contributed by atoms with Gasteiger partial charge in [-0.3, -0.25) is 14.6 Å². The number of aliphatic imine (C=N–C) groups is 1. The van der Waals surface area contributed by atoms with Crippen LogP contribution in [-0.4, -0.2) is 37.9 Å². The monoisotopic (exact) mass is 516 g/mol. The highest BCUT2D eigenvalue weighted by Gasteiger charge is 2.43. The Morgan fingerprint density at radius 3 is 1.81 bits per heavy atom. The van der Waals surface area contributed by atoms with E-state index in [1.165, 1.54) is 12.1 Å². The van der Waals surface area contributed by atoms with Gasteiger partial charge in [0.2, 0.25) is 0 Å². The van der Waals surface area contributed by atoms with Crippen LogP contribution in [0.1, 0.15) is 24.0 Å². The molecule has 3 atom stereocenters. The standard InChI is InChI=1S/C24H22F6N2O4/c1-35-21(33)17-11-20(32-16-9-5-14(6-10-16)24(28,29)30)18(22(34)36-2)12-19(17)31-15-7-3-13(4-8-15)23(25,26)27/h3-10,17-19,31H,11-12H2,1-2H3. The summed E-state index contributed by atoms with van der Waals surface area (Å²) in [5.41, 5.74) is -1.08. The fourth-order valence-electron chi connectivity index (χ4n) is 3.98. The molecule has 194 valence electrons. The first kappa shape index (κ1) is 27.0. The van der Waals surface area contributed by atoms with E-state index in [2.05, 4.69) is 10.3 Å². The number of carbonyl (C=O) groups excluding carboxylic acids is 2. The molecule has 1 saturated carbocycles. The van der Waals surface area contributed by atoms with Gasteiger partial charge in [0.25, 0.3) is 0 Å². The molecule has 3 rings (SSSR count). The van der Waals surface area contributed by atoms with Crippen LogP contribution in [0, 0.1) is 11.8 Å². The van der Waals surface area contributed by atoms with E-state index in [1.807, 2.05) is 0 Å². The van der Waals surface area contributed by atoms with Crippen molar-refractivity contribution in [1.29, 1.82) is 0 Å². The second-order valence-corrected chi connectivity index (χ2v) is 8.12. The van der Waals surface area contributed by atoms with Gasteiger partial charge in [-0.15, -0.1) is 0 Å². The van der Waals surface area contributed by atoms with E-state index in [4.69, 9.17) is 9.47 Å². The Balaban J connectivity index is 1.92. The average molecular weight is 516 g/mol. The molecule has 6 nitrogen and oxygen atoms in total. The number of halogens is 6. The van der Waals surface area contributed by atoms with Crippen molar-refractivity contribution in [1.82, 2.24) is 0 Å². The van der Waals surface area contributed by atoms with Crippen LogP contribution in [0.25, 0.3) is 0 Å². The third kappa shape index (κ3) is 6.35. The van der Waals surface area contributed by atoms with Crippen LogP contribution in [0.5, 0.6) is 0 Å². The molecule has 2 aromatic carbocycles. The zero-order valence-electron chi connectivity index (χ0n) is 19.1. The van der Waals surface area contributed by atoms with Gasteiger partial charge < -0.3 is 14.8 Å². The molecular weight excluding hydrogens is 494 g/mol. The Bertz CT molecular complexity index is 1110. The number of alkyl halides is 6. The van der Waals surface area contributed by atoms with E-state index in [0.29, 0.717) is 0 Å². The molecule has 1 aliphatic rings. The number of anilines is 1. The van der Waals surface area contributed by atoms with Crippen LogP contribution in [0.4, 0.5) is 37.7 Å². The van der Waals surface area contributed by atoms with Crippen molar-refractivity contribution in [2.24, 2.45) is 16.8 Å². The first-order chi connectivity index (χ1) is 16.8. The van der Waals surface area contributed by atoms with Crippen LogP contribution in [-0.2, 0) is 31.4 Å². The zero-order chi connectivity index (χ0) is 26.7. The molecule has 1 aliphatic carbocycles. The van der Waals surface area contributed by atoms with Crippen LogP contribution in [0.2, 0.25) is 0 Å². The zero-order valence-corrected chi connectivity index (χ0v) is 19.1. The minimum absolute atomic E-state index is 0.0209. The molecule has 0 amide bonds. The van der Waals surface area contributed by atoms with Crippen LogP contribution >= 0.6 is 0 Å². The molecule has 1 fully saturated rings. The summed E-state index contributed by atoms with van der Waals surface area (Å²) in [7, 11) is 2.32. The van der Waals surface area contributed by atoms with E-state index < -0.39 is 53.3 Å². The Morgan fingerprint density at radius 2 is 1.33 bits per heavy atom. The maximum absolute atomic E-state index is 12.9. The van der Waals surface area contributed by atoms with Crippen molar-refractivity contribution >= 4 is 29.0 Å². The van der Waals surface area contributed by atoms with Crippen molar-refractivity contribution in [3.8, 4) is 0 Å². The predicted molar refractivity (Wildman–Crippen MR) is 118 cm³/mol. The molecule has 0 aromatic heterocycles. The summed E-state index contributed by atoms with van der Waals surface area (Å²) in [5, 5.41) is 2.99. The second-order valence-electron chi connectivity index (χ2n) is 8.12.